The molecule has 0 aliphatic heterocycles. The van der Waals surface area contributed by atoms with E-state index >= 15 is 0 Å². The van der Waals surface area contributed by atoms with Gasteiger partial charge in [-0.25, -0.2) is 0 Å². The Hall–Kier alpha value is -0.830. The van der Waals surface area contributed by atoms with Crippen LogP contribution in [0.25, 0.3) is 0 Å². The van der Waals surface area contributed by atoms with E-state index in [0.717, 1.165) is 17.3 Å². The van der Waals surface area contributed by atoms with Crippen molar-refractivity contribution in [3.05, 3.63) is 56.2 Å². The zero-order valence-corrected chi connectivity index (χ0v) is 11.9. The highest BCUT2D eigenvalue weighted by atomic mass is 35.5. The van der Waals surface area contributed by atoms with Crippen molar-refractivity contribution in [1.29, 1.82) is 0 Å². The summed E-state index contributed by atoms with van der Waals surface area (Å²) in [6, 6.07) is 11.3. The Labute approximate surface area is 117 Å². The van der Waals surface area contributed by atoms with Crippen LogP contribution in [0.4, 0.5) is 0 Å². The van der Waals surface area contributed by atoms with Crippen LogP contribution in [0.15, 0.2) is 30.3 Å². The van der Waals surface area contributed by atoms with E-state index in [1.165, 1.54) is 28.0 Å². The summed E-state index contributed by atoms with van der Waals surface area (Å²) < 4.78 is 0.918. The van der Waals surface area contributed by atoms with E-state index in [4.69, 9.17) is 11.6 Å². The number of aryl methyl sites for hydroxylation is 2. The van der Waals surface area contributed by atoms with Crippen molar-refractivity contribution in [1.82, 2.24) is 5.32 Å². The van der Waals surface area contributed by atoms with Crippen LogP contribution in [0.5, 0.6) is 0 Å². The van der Waals surface area contributed by atoms with Crippen LogP contribution in [0.3, 0.4) is 0 Å². The molecule has 2 aromatic rings. The Balaban J connectivity index is 1.66. The molecule has 18 heavy (non-hydrogen) atoms. The summed E-state index contributed by atoms with van der Waals surface area (Å²) in [7, 11) is 0. The number of hydrogen-bond donors (Lipinski definition) is 1. The second kappa shape index (κ2) is 5.04. The Morgan fingerprint density at radius 1 is 1.33 bits per heavy atom. The van der Waals surface area contributed by atoms with Gasteiger partial charge in [-0.2, -0.15) is 0 Å². The first-order valence-corrected chi connectivity index (χ1v) is 7.49. The monoisotopic (exact) mass is 277 g/mol. The lowest BCUT2D eigenvalue weighted by molar-refractivity contribution is 0.530. The van der Waals surface area contributed by atoms with Crippen LogP contribution in [0.2, 0.25) is 4.34 Å². The Morgan fingerprint density at radius 3 is 2.89 bits per heavy atom. The first-order chi connectivity index (χ1) is 8.72. The molecule has 1 atom stereocenters. The molecule has 0 saturated heterocycles. The van der Waals surface area contributed by atoms with E-state index in [1.54, 1.807) is 11.3 Å². The SMILES string of the molecule is Cc1ccc(CNC2CCc3sc(Cl)cc32)cc1. The summed E-state index contributed by atoms with van der Waals surface area (Å²) in [5.41, 5.74) is 4.07. The van der Waals surface area contributed by atoms with Gasteiger partial charge in [0.05, 0.1) is 4.34 Å². The van der Waals surface area contributed by atoms with Crippen LogP contribution in [-0.2, 0) is 13.0 Å². The maximum Gasteiger partial charge on any atom is 0.0934 e. The smallest absolute Gasteiger partial charge is 0.0934 e. The fourth-order valence-corrected chi connectivity index (χ4v) is 3.85. The van der Waals surface area contributed by atoms with Crippen molar-refractivity contribution in [2.75, 3.05) is 0 Å². The van der Waals surface area contributed by atoms with Crippen LogP contribution in [0.1, 0.15) is 34.0 Å². The molecular formula is C15H16ClNS. The van der Waals surface area contributed by atoms with E-state index < -0.39 is 0 Å². The van der Waals surface area contributed by atoms with Crippen molar-refractivity contribution in [2.45, 2.75) is 32.4 Å². The molecule has 0 amide bonds. The van der Waals surface area contributed by atoms with Crippen LogP contribution < -0.4 is 5.32 Å². The first-order valence-electron chi connectivity index (χ1n) is 6.29. The van der Waals surface area contributed by atoms with Crippen LogP contribution in [0, 0.1) is 6.92 Å². The summed E-state index contributed by atoms with van der Waals surface area (Å²) in [5.74, 6) is 0. The van der Waals surface area contributed by atoms with Gasteiger partial charge in [-0.15, -0.1) is 11.3 Å². The Kier molecular flexibility index (Phi) is 3.42. The summed E-state index contributed by atoms with van der Waals surface area (Å²) in [4.78, 5) is 1.46. The highest BCUT2D eigenvalue weighted by molar-refractivity contribution is 7.16. The second-order valence-electron chi connectivity index (χ2n) is 4.89. The minimum absolute atomic E-state index is 0.477. The summed E-state index contributed by atoms with van der Waals surface area (Å²) in [6.07, 6.45) is 2.36. The summed E-state index contributed by atoms with van der Waals surface area (Å²) >= 11 is 7.80. The number of benzene rings is 1. The maximum absolute atomic E-state index is 6.07. The lowest BCUT2D eigenvalue weighted by atomic mass is 10.1. The molecule has 1 heterocycles. The van der Waals surface area contributed by atoms with E-state index in [-0.39, 0.29) is 0 Å². The van der Waals surface area contributed by atoms with Gasteiger partial charge in [-0.1, -0.05) is 41.4 Å². The summed E-state index contributed by atoms with van der Waals surface area (Å²) in [5, 5.41) is 3.63. The fourth-order valence-electron chi connectivity index (χ4n) is 2.49. The van der Waals surface area contributed by atoms with Crippen LogP contribution >= 0.6 is 22.9 Å². The van der Waals surface area contributed by atoms with E-state index in [1.807, 2.05) is 0 Å². The first kappa shape index (κ1) is 12.2. The third-order valence-electron chi connectivity index (χ3n) is 3.52. The average molecular weight is 278 g/mol. The molecule has 0 radical (unpaired) electrons. The predicted octanol–water partition coefficient (Wildman–Crippen LogP) is 4.49. The number of rotatable bonds is 3. The number of halogens is 1. The molecule has 1 aromatic heterocycles. The lowest BCUT2D eigenvalue weighted by Gasteiger charge is -2.13. The van der Waals surface area contributed by atoms with Gasteiger partial charge in [0.15, 0.2) is 0 Å². The zero-order chi connectivity index (χ0) is 12.5. The summed E-state index contributed by atoms with van der Waals surface area (Å²) in [6.45, 7) is 3.05. The zero-order valence-electron chi connectivity index (χ0n) is 10.4. The quantitative estimate of drug-likeness (QED) is 0.872. The maximum atomic E-state index is 6.07. The minimum atomic E-state index is 0.477. The molecule has 0 fully saturated rings. The van der Waals surface area contributed by atoms with Gasteiger partial charge in [0.2, 0.25) is 0 Å². The standard InChI is InChI=1S/C15H16ClNS/c1-10-2-4-11(5-3-10)9-17-13-6-7-14-12(13)8-15(16)18-14/h2-5,8,13,17H,6-7,9H2,1H3. The number of nitrogens with one attached hydrogen (secondary N) is 1. The van der Waals surface area contributed by atoms with Gasteiger partial charge in [-0.3, -0.25) is 0 Å². The molecule has 3 rings (SSSR count). The molecule has 0 bridgehead atoms. The largest absolute Gasteiger partial charge is 0.306 e. The van der Waals surface area contributed by atoms with Gasteiger partial charge in [0, 0.05) is 17.5 Å². The van der Waals surface area contributed by atoms with Crippen molar-refractivity contribution in [2.24, 2.45) is 0 Å². The molecular weight excluding hydrogens is 262 g/mol. The van der Waals surface area contributed by atoms with Crippen molar-refractivity contribution in [3.8, 4) is 0 Å². The molecule has 0 spiro atoms. The Bertz CT molecular complexity index is 544. The molecule has 1 N–H and O–H groups in total. The molecule has 1 aromatic carbocycles. The topological polar surface area (TPSA) is 12.0 Å². The van der Waals surface area contributed by atoms with Gasteiger partial charge in [-0.05, 0) is 37.0 Å². The minimum Gasteiger partial charge on any atom is -0.306 e. The molecule has 3 heteroatoms. The molecule has 94 valence electrons. The predicted molar refractivity (Wildman–Crippen MR) is 78.4 cm³/mol. The third kappa shape index (κ3) is 2.46. The van der Waals surface area contributed by atoms with Crippen LogP contribution in [-0.4, -0.2) is 0 Å². The fraction of sp³-hybridized carbons (Fsp3) is 0.333. The molecule has 1 unspecified atom stereocenters. The third-order valence-corrected chi connectivity index (χ3v) is 4.86. The number of hydrogen-bond acceptors (Lipinski definition) is 2. The molecule has 1 aliphatic rings. The van der Waals surface area contributed by atoms with Gasteiger partial charge in [0.25, 0.3) is 0 Å². The molecule has 1 aliphatic carbocycles. The Morgan fingerprint density at radius 2 is 2.11 bits per heavy atom. The molecule has 1 nitrogen and oxygen atoms in total. The van der Waals surface area contributed by atoms with Gasteiger partial charge < -0.3 is 5.32 Å². The van der Waals surface area contributed by atoms with Gasteiger partial charge >= 0.3 is 0 Å². The van der Waals surface area contributed by atoms with Crippen molar-refractivity contribution < 1.29 is 0 Å². The van der Waals surface area contributed by atoms with E-state index in [0.29, 0.717) is 6.04 Å². The average Bonchev–Trinajstić information content (AvgIpc) is 2.88. The van der Waals surface area contributed by atoms with E-state index in [2.05, 4.69) is 42.6 Å². The highest BCUT2D eigenvalue weighted by Crippen LogP contribution is 2.39. The van der Waals surface area contributed by atoms with Gasteiger partial charge in [0.1, 0.15) is 0 Å². The normalized spacial score (nSPS) is 18.0. The van der Waals surface area contributed by atoms with Crippen molar-refractivity contribution >= 4 is 22.9 Å². The second-order valence-corrected chi connectivity index (χ2v) is 6.65. The molecule has 0 saturated carbocycles. The number of thiophene rings is 1. The van der Waals surface area contributed by atoms with Crippen molar-refractivity contribution in [3.63, 3.8) is 0 Å². The van der Waals surface area contributed by atoms with E-state index in [9.17, 15) is 0 Å². The highest BCUT2D eigenvalue weighted by Gasteiger charge is 2.24. The number of fused-ring (bicyclic) bond motifs is 1. The lowest BCUT2D eigenvalue weighted by Crippen LogP contribution is -2.18.